The van der Waals surface area contributed by atoms with E-state index in [2.05, 4.69) is 26.5 Å². The fourth-order valence-electron chi connectivity index (χ4n) is 3.59. The monoisotopic (exact) mass is 514 g/mol. The molecule has 0 atom stereocenters. The van der Waals surface area contributed by atoms with Crippen molar-refractivity contribution in [2.24, 2.45) is 5.10 Å². The van der Waals surface area contributed by atoms with Crippen molar-refractivity contribution in [3.8, 4) is 5.75 Å². The van der Waals surface area contributed by atoms with Crippen LogP contribution < -0.4 is 10.2 Å². The molecule has 1 N–H and O–H groups in total. The molecule has 0 bridgehead atoms. The van der Waals surface area contributed by atoms with Crippen LogP contribution in [0.5, 0.6) is 5.75 Å². The summed E-state index contributed by atoms with van der Waals surface area (Å²) in [5.41, 5.74) is 6.00. The van der Waals surface area contributed by atoms with Crippen LogP contribution in [-0.4, -0.2) is 17.6 Å². The molecule has 0 radical (unpaired) electrons. The van der Waals surface area contributed by atoms with Gasteiger partial charge in [0.2, 0.25) is 5.76 Å². The molecule has 1 amide bonds. The Morgan fingerprint density at radius 2 is 1.88 bits per heavy atom. The highest BCUT2D eigenvalue weighted by molar-refractivity contribution is 9.10. The lowest BCUT2D eigenvalue weighted by atomic mass is 9.93. The molecule has 1 aliphatic carbocycles. The molecule has 0 fully saturated rings. The summed E-state index contributed by atoms with van der Waals surface area (Å²) in [6.07, 6.45) is 2.15. The van der Waals surface area contributed by atoms with Gasteiger partial charge in [-0.25, -0.2) is 10.2 Å². The molecule has 8 heteroatoms. The van der Waals surface area contributed by atoms with Gasteiger partial charge in [-0.3, -0.25) is 4.79 Å². The number of aryl methyl sites for hydroxylation is 2. The number of ether oxygens (including phenoxy) is 1. The Labute approximate surface area is 198 Å². The van der Waals surface area contributed by atoms with Crippen LogP contribution in [0.15, 0.2) is 56.5 Å². The van der Waals surface area contributed by atoms with Gasteiger partial charge in [-0.15, -0.1) is 0 Å². The molecular formula is C24H20BrClN2O4. The lowest BCUT2D eigenvalue weighted by Gasteiger charge is -2.13. The number of carbonyl (C=O) groups excluding carboxylic acids is 2. The number of esters is 1. The third-order valence-corrected chi connectivity index (χ3v) is 6.20. The SMILES string of the molecule is Cc1cc(OC(=O)c2oc3c(c2C)/C(=N/NC(=O)c2ccc(Br)cc2)CCC3)ccc1Cl. The minimum Gasteiger partial charge on any atom is -0.453 e. The van der Waals surface area contributed by atoms with Crippen LogP contribution in [0.1, 0.15) is 56.2 Å². The van der Waals surface area contributed by atoms with E-state index in [0.717, 1.165) is 22.0 Å². The molecule has 4 rings (SSSR count). The van der Waals surface area contributed by atoms with Gasteiger partial charge >= 0.3 is 5.97 Å². The Bertz CT molecular complexity index is 1230. The predicted molar refractivity (Wildman–Crippen MR) is 126 cm³/mol. The summed E-state index contributed by atoms with van der Waals surface area (Å²) in [6, 6.07) is 12.0. The van der Waals surface area contributed by atoms with Gasteiger partial charge in [0.25, 0.3) is 5.91 Å². The molecule has 3 aromatic rings. The fourth-order valence-corrected chi connectivity index (χ4v) is 3.97. The summed E-state index contributed by atoms with van der Waals surface area (Å²) in [6.45, 7) is 3.63. The summed E-state index contributed by atoms with van der Waals surface area (Å²) in [5, 5.41) is 4.94. The fraction of sp³-hybridized carbons (Fsp3) is 0.208. The van der Waals surface area contributed by atoms with Crippen molar-refractivity contribution in [1.29, 1.82) is 0 Å². The number of hydrogen-bond donors (Lipinski definition) is 1. The maximum Gasteiger partial charge on any atom is 0.379 e. The number of hydrazone groups is 1. The second kappa shape index (κ2) is 9.30. The van der Waals surface area contributed by atoms with Crippen molar-refractivity contribution in [3.05, 3.63) is 85.7 Å². The highest BCUT2D eigenvalue weighted by atomic mass is 79.9. The average Bonchev–Trinajstić information content (AvgIpc) is 3.12. The zero-order chi connectivity index (χ0) is 22.8. The van der Waals surface area contributed by atoms with Gasteiger partial charge in [-0.2, -0.15) is 5.10 Å². The van der Waals surface area contributed by atoms with Crippen LogP contribution in [0.4, 0.5) is 0 Å². The molecule has 1 heterocycles. The van der Waals surface area contributed by atoms with E-state index < -0.39 is 5.97 Å². The maximum atomic E-state index is 12.8. The zero-order valence-electron chi connectivity index (χ0n) is 17.5. The summed E-state index contributed by atoms with van der Waals surface area (Å²) < 4.78 is 12.2. The number of fused-ring (bicyclic) bond motifs is 1. The number of amides is 1. The Morgan fingerprint density at radius 3 is 2.59 bits per heavy atom. The number of furan rings is 1. The van der Waals surface area contributed by atoms with Gasteiger partial charge in [0.15, 0.2) is 0 Å². The molecule has 164 valence electrons. The highest BCUT2D eigenvalue weighted by Gasteiger charge is 2.29. The first kappa shape index (κ1) is 22.3. The van der Waals surface area contributed by atoms with Crippen molar-refractivity contribution in [1.82, 2.24) is 5.43 Å². The van der Waals surface area contributed by atoms with Crippen molar-refractivity contribution in [2.75, 3.05) is 0 Å². The zero-order valence-corrected chi connectivity index (χ0v) is 19.8. The number of nitrogens with one attached hydrogen (secondary N) is 1. The quantitative estimate of drug-likeness (QED) is 0.262. The molecular weight excluding hydrogens is 496 g/mol. The predicted octanol–water partition coefficient (Wildman–Crippen LogP) is 6.00. The molecule has 1 aliphatic rings. The second-order valence-electron chi connectivity index (χ2n) is 7.51. The first-order valence-electron chi connectivity index (χ1n) is 10.1. The minimum absolute atomic E-state index is 0.136. The van der Waals surface area contributed by atoms with Crippen LogP contribution in [0.2, 0.25) is 5.02 Å². The van der Waals surface area contributed by atoms with Gasteiger partial charge in [-0.05, 0) is 74.7 Å². The summed E-state index contributed by atoms with van der Waals surface area (Å²) in [7, 11) is 0. The topological polar surface area (TPSA) is 80.9 Å². The normalized spacial score (nSPS) is 14.2. The third kappa shape index (κ3) is 4.64. The summed E-state index contributed by atoms with van der Waals surface area (Å²) >= 11 is 9.39. The Kier molecular flexibility index (Phi) is 6.48. The second-order valence-corrected chi connectivity index (χ2v) is 8.84. The first-order valence-corrected chi connectivity index (χ1v) is 11.2. The Balaban J connectivity index is 1.56. The number of benzene rings is 2. The molecule has 6 nitrogen and oxygen atoms in total. The van der Waals surface area contributed by atoms with E-state index in [9.17, 15) is 9.59 Å². The standard InChI is InChI=1S/C24H20BrClN2O4/c1-13-12-17(10-11-18(13)26)31-24(30)22-14(2)21-19(4-3-5-20(21)32-22)27-28-23(29)15-6-8-16(25)9-7-15/h6-12H,3-5H2,1-2H3,(H,28,29)/b27-19+. The molecule has 0 saturated carbocycles. The molecule has 32 heavy (non-hydrogen) atoms. The van der Waals surface area contributed by atoms with Gasteiger partial charge in [0.05, 0.1) is 5.71 Å². The van der Waals surface area contributed by atoms with E-state index in [4.69, 9.17) is 20.8 Å². The van der Waals surface area contributed by atoms with Crippen LogP contribution in [-0.2, 0) is 6.42 Å². The van der Waals surface area contributed by atoms with Crippen molar-refractivity contribution in [2.45, 2.75) is 33.1 Å². The van der Waals surface area contributed by atoms with E-state index in [1.54, 1.807) is 49.4 Å². The smallest absolute Gasteiger partial charge is 0.379 e. The van der Waals surface area contributed by atoms with Crippen molar-refractivity contribution in [3.63, 3.8) is 0 Å². The molecule has 1 aromatic heterocycles. The number of carbonyl (C=O) groups is 2. The van der Waals surface area contributed by atoms with E-state index in [1.165, 1.54) is 0 Å². The lowest BCUT2D eigenvalue weighted by molar-refractivity contribution is 0.0698. The number of halogens is 2. The van der Waals surface area contributed by atoms with E-state index >= 15 is 0 Å². The highest BCUT2D eigenvalue weighted by Crippen LogP contribution is 2.31. The van der Waals surface area contributed by atoms with Gasteiger partial charge < -0.3 is 9.15 Å². The molecule has 0 saturated heterocycles. The van der Waals surface area contributed by atoms with Crippen molar-refractivity contribution >= 4 is 45.1 Å². The van der Waals surface area contributed by atoms with Crippen LogP contribution >= 0.6 is 27.5 Å². The Morgan fingerprint density at radius 1 is 1.12 bits per heavy atom. The summed E-state index contributed by atoms with van der Waals surface area (Å²) in [4.78, 5) is 25.2. The van der Waals surface area contributed by atoms with Crippen molar-refractivity contribution < 1.29 is 18.7 Å². The van der Waals surface area contributed by atoms with E-state index in [-0.39, 0.29) is 11.7 Å². The number of rotatable bonds is 4. The van der Waals surface area contributed by atoms with Crippen LogP contribution in [0.3, 0.4) is 0 Å². The number of nitrogens with zero attached hydrogens (tertiary/aromatic N) is 1. The first-order chi connectivity index (χ1) is 15.3. The van der Waals surface area contributed by atoms with E-state index in [0.29, 0.717) is 46.2 Å². The van der Waals surface area contributed by atoms with Gasteiger partial charge in [0, 0.05) is 32.6 Å². The minimum atomic E-state index is -0.586. The van der Waals surface area contributed by atoms with Crippen LogP contribution in [0.25, 0.3) is 0 Å². The largest absolute Gasteiger partial charge is 0.453 e. The van der Waals surface area contributed by atoms with Crippen LogP contribution in [0, 0.1) is 13.8 Å². The van der Waals surface area contributed by atoms with E-state index in [1.807, 2.05) is 6.92 Å². The van der Waals surface area contributed by atoms with Gasteiger partial charge in [0.1, 0.15) is 11.5 Å². The molecule has 0 spiro atoms. The molecule has 2 aromatic carbocycles. The Hall–Kier alpha value is -2.90. The lowest BCUT2D eigenvalue weighted by Crippen LogP contribution is -2.22. The maximum absolute atomic E-state index is 12.8. The molecule has 0 aliphatic heterocycles. The molecule has 0 unspecified atom stereocenters. The average molecular weight is 516 g/mol. The summed E-state index contributed by atoms with van der Waals surface area (Å²) in [5.74, 6) is 0.301. The third-order valence-electron chi connectivity index (χ3n) is 5.25. The van der Waals surface area contributed by atoms with Gasteiger partial charge in [-0.1, -0.05) is 27.5 Å². The number of hydrogen-bond acceptors (Lipinski definition) is 5.